The molecule has 0 aromatic carbocycles. The fraction of sp³-hybridized carbons (Fsp3) is 0.182. The molecule has 2 heterocycles. The number of rotatable bonds is 4. The largest absolute Gasteiger partial charge is 0.477 e. The second-order valence-corrected chi connectivity index (χ2v) is 7.49. The summed E-state index contributed by atoms with van der Waals surface area (Å²) in [6, 6.07) is 2.77. The predicted octanol–water partition coefficient (Wildman–Crippen LogP) is 2.31. The number of anilines is 1. The minimum absolute atomic E-state index is 0.0291. The molecule has 2 N–H and O–H groups in total. The molecule has 2 rings (SSSR count). The van der Waals surface area contributed by atoms with E-state index < -0.39 is 16.0 Å². The number of hydrogen-bond acceptors (Lipinski definition) is 6. The monoisotopic (exact) mass is 347 g/mol. The molecule has 21 heavy (non-hydrogen) atoms. The molecule has 0 spiro atoms. The lowest BCUT2D eigenvalue weighted by molar-refractivity contribution is 0.0701. The van der Waals surface area contributed by atoms with Crippen molar-refractivity contribution in [1.82, 2.24) is 9.97 Å². The number of aromatic nitrogens is 2. The Hall–Kier alpha value is -1.71. The van der Waals surface area contributed by atoms with Gasteiger partial charge in [-0.2, -0.15) is 0 Å². The molecule has 10 heteroatoms. The van der Waals surface area contributed by atoms with Crippen molar-refractivity contribution < 1.29 is 18.3 Å². The number of carbonyl (C=O) groups is 1. The van der Waals surface area contributed by atoms with E-state index in [-0.39, 0.29) is 20.2 Å². The third-order valence-corrected chi connectivity index (χ3v) is 5.62. The van der Waals surface area contributed by atoms with Gasteiger partial charge in [0.15, 0.2) is 0 Å². The van der Waals surface area contributed by atoms with Gasteiger partial charge in [-0.05, 0) is 31.5 Å². The molecule has 2 aromatic heterocycles. The highest BCUT2D eigenvalue weighted by molar-refractivity contribution is 7.94. The van der Waals surface area contributed by atoms with Crippen LogP contribution in [0.15, 0.2) is 16.3 Å². The second kappa shape index (κ2) is 5.58. The van der Waals surface area contributed by atoms with Gasteiger partial charge < -0.3 is 5.11 Å². The molecule has 112 valence electrons. The first-order valence-electron chi connectivity index (χ1n) is 5.57. The highest BCUT2D eigenvalue weighted by atomic mass is 35.5. The fourth-order valence-electron chi connectivity index (χ4n) is 1.54. The van der Waals surface area contributed by atoms with Crippen LogP contribution in [0.3, 0.4) is 0 Å². The summed E-state index contributed by atoms with van der Waals surface area (Å²) in [6.07, 6.45) is 0. The van der Waals surface area contributed by atoms with Gasteiger partial charge in [0.2, 0.25) is 5.95 Å². The van der Waals surface area contributed by atoms with E-state index >= 15 is 0 Å². The molecule has 0 fully saturated rings. The van der Waals surface area contributed by atoms with Crippen LogP contribution in [0.4, 0.5) is 5.95 Å². The zero-order valence-corrected chi connectivity index (χ0v) is 13.3. The number of carboxylic acid groups (broad SMARTS) is 1. The molecule has 0 radical (unpaired) electrons. The molecule has 0 saturated heterocycles. The topological polar surface area (TPSA) is 109 Å². The number of aryl methyl sites for hydroxylation is 2. The summed E-state index contributed by atoms with van der Waals surface area (Å²) < 4.78 is 26.4. The van der Waals surface area contributed by atoms with E-state index in [4.69, 9.17) is 16.7 Å². The van der Waals surface area contributed by atoms with Gasteiger partial charge in [-0.1, -0.05) is 11.6 Å². The zero-order chi connectivity index (χ0) is 15.8. The lowest BCUT2D eigenvalue weighted by Crippen LogP contribution is -2.14. The van der Waals surface area contributed by atoms with Crippen molar-refractivity contribution in [1.29, 1.82) is 0 Å². The molecule has 0 unspecified atom stereocenters. The number of aromatic carboxylic acids is 1. The normalized spacial score (nSPS) is 11.4. The molecule has 0 bridgehead atoms. The number of thiophene rings is 1. The van der Waals surface area contributed by atoms with Crippen molar-refractivity contribution in [2.75, 3.05) is 4.72 Å². The number of hydrogen-bond donors (Lipinski definition) is 2. The van der Waals surface area contributed by atoms with Crippen LogP contribution >= 0.6 is 22.9 Å². The van der Waals surface area contributed by atoms with Crippen molar-refractivity contribution in [3.05, 3.63) is 33.4 Å². The summed E-state index contributed by atoms with van der Waals surface area (Å²) in [4.78, 5) is 18.6. The van der Waals surface area contributed by atoms with E-state index in [1.165, 1.54) is 19.1 Å². The molecule has 0 aliphatic rings. The second-order valence-electron chi connectivity index (χ2n) is 4.14. The van der Waals surface area contributed by atoms with Crippen LogP contribution < -0.4 is 4.72 Å². The Morgan fingerprint density at radius 2 is 2.00 bits per heavy atom. The molecule has 2 aromatic rings. The van der Waals surface area contributed by atoms with Crippen LogP contribution in [0.2, 0.25) is 5.15 Å². The summed E-state index contributed by atoms with van der Waals surface area (Å²) in [5.74, 6) is -1.34. The van der Waals surface area contributed by atoms with Crippen LogP contribution in [0.1, 0.15) is 20.9 Å². The van der Waals surface area contributed by atoms with Crippen molar-refractivity contribution in [3.8, 4) is 0 Å². The van der Waals surface area contributed by atoms with E-state index in [0.717, 1.165) is 0 Å². The van der Waals surface area contributed by atoms with Gasteiger partial charge in [0.25, 0.3) is 10.0 Å². The standard InChI is InChI=1S/C11H10ClN3O4S2/c1-5-3-8(20-9(5)10(16)17)21(18,19)15-11-13-6(2)4-7(12)14-11/h3-4H,1-2H3,(H,16,17)(H,13,14,15). The van der Waals surface area contributed by atoms with Gasteiger partial charge in [-0.15, -0.1) is 11.3 Å². The number of nitrogens with zero attached hydrogens (tertiary/aromatic N) is 2. The summed E-state index contributed by atoms with van der Waals surface area (Å²) in [6.45, 7) is 3.17. The smallest absolute Gasteiger partial charge is 0.346 e. The van der Waals surface area contributed by atoms with Gasteiger partial charge in [0.05, 0.1) is 0 Å². The van der Waals surface area contributed by atoms with Gasteiger partial charge in [0, 0.05) is 5.69 Å². The molecule has 7 nitrogen and oxygen atoms in total. The van der Waals surface area contributed by atoms with Gasteiger partial charge >= 0.3 is 5.97 Å². The Labute approximate surface area is 129 Å². The summed E-state index contributed by atoms with van der Waals surface area (Å²) in [5.41, 5.74) is 0.873. The van der Waals surface area contributed by atoms with Crippen LogP contribution in [0.5, 0.6) is 0 Å². The van der Waals surface area contributed by atoms with E-state index in [2.05, 4.69) is 14.7 Å². The van der Waals surface area contributed by atoms with E-state index in [1.54, 1.807) is 6.92 Å². The maximum Gasteiger partial charge on any atom is 0.346 e. The minimum atomic E-state index is -3.96. The minimum Gasteiger partial charge on any atom is -0.477 e. The zero-order valence-electron chi connectivity index (χ0n) is 10.9. The number of halogens is 1. The van der Waals surface area contributed by atoms with Gasteiger partial charge in [-0.3, -0.25) is 0 Å². The van der Waals surface area contributed by atoms with E-state index in [0.29, 0.717) is 22.6 Å². The van der Waals surface area contributed by atoms with E-state index in [1.807, 2.05) is 0 Å². The SMILES string of the molecule is Cc1cc(Cl)nc(NS(=O)(=O)c2cc(C)c(C(=O)O)s2)n1. The molecule has 0 aliphatic carbocycles. The molecule has 0 saturated carbocycles. The van der Waals surface area contributed by atoms with Crippen molar-refractivity contribution >= 4 is 44.9 Å². The Morgan fingerprint density at radius 3 is 2.52 bits per heavy atom. The highest BCUT2D eigenvalue weighted by Gasteiger charge is 2.22. The number of carboxylic acids is 1. The van der Waals surface area contributed by atoms with Crippen molar-refractivity contribution in [2.45, 2.75) is 18.1 Å². The number of nitrogens with one attached hydrogen (secondary N) is 1. The van der Waals surface area contributed by atoms with Crippen LogP contribution in [-0.4, -0.2) is 29.5 Å². The molecule has 0 amide bonds. The van der Waals surface area contributed by atoms with Crippen LogP contribution in [0.25, 0.3) is 0 Å². The summed E-state index contributed by atoms with van der Waals surface area (Å²) in [7, 11) is -3.96. The van der Waals surface area contributed by atoms with Crippen LogP contribution in [-0.2, 0) is 10.0 Å². The molecular weight excluding hydrogens is 338 g/mol. The lowest BCUT2D eigenvalue weighted by Gasteiger charge is -2.05. The third kappa shape index (κ3) is 3.49. The predicted molar refractivity (Wildman–Crippen MR) is 78.6 cm³/mol. The maximum absolute atomic E-state index is 12.2. The molecule has 0 atom stereocenters. The van der Waals surface area contributed by atoms with E-state index in [9.17, 15) is 13.2 Å². The van der Waals surface area contributed by atoms with Gasteiger partial charge in [-0.25, -0.2) is 27.9 Å². The van der Waals surface area contributed by atoms with Gasteiger partial charge in [0.1, 0.15) is 14.2 Å². The summed E-state index contributed by atoms with van der Waals surface area (Å²) in [5, 5.41) is 9.07. The third-order valence-electron chi connectivity index (χ3n) is 2.40. The number of sulfonamides is 1. The van der Waals surface area contributed by atoms with Crippen molar-refractivity contribution in [2.24, 2.45) is 0 Å². The maximum atomic E-state index is 12.2. The first-order chi connectivity index (χ1) is 9.69. The fourth-order valence-corrected chi connectivity index (χ4v) is 4.10. The first-order valence-corrected chi connectivity index (χ1v) is 8.24. The average molecular weight is 348 g/mol. The quantitative estimate of drug-likeness (QED) is 0.821. The Balaban J connectivity index is 2.38. The molecule has 0 aliphatic heterocycles. The average Bonchev–Trinajstić information content (AvgIpc) is 2.70. The molecular formula is C11H10ClN3O4S2. The highest BCUT2D eigenvalue weighted by Crippen LogP contribution is 2.27. The first kappa shape index (κ1) is 15.7. The summed E-state index contributed by atoms with van der Waals surface area (Å²) >= 11 is 6.40. The lowest BCUT2D eigenvalue weighted by atomic mass is 10.3. The Kier molecular flexibility index (Phi) is 4.17. The Morgan fingerprint density at radius 1 is 1.33 bits per heavy atom. The van der Waals surface area contributed by atoms with Crippen molar-refractivity contribution in [3.63, 3.8) is 0 Å². The van der Waals surface area contributed by atoms with Crippen LogP contribution in [0, 0.1) is 13.8 Å². The Bertz CT molecular complexity index is 797.